The second kappa shape index (κ2) is 4.08. The first-order chi connectivity index (χ1) is 6.13. The molecule has 0 amide bonds. The van der Waals surface area contributed by atoms with E-state index >= 15 is 0 Å². The van der Waals surface area contributed by atoms with Crippen molar-refractivity contribution >= 4 is 0 Å². The van der Waals surface area contributed by atoms with Gasteiger partial charge in [-0.2, -0.15) is 0 Å². The van der Waals surface area contributed by atoms with Crippen molar-refractivity contribution < 1.29 is 8.78 Å². The summed E-state index contributed by atoms with van der Waals surface area (Å²) in [5.41, 5.74) is 4.10. The van der Waals surface area contributed by atoms with Crippen molar-refractivity contribution in [2.45, 2.75) is 12.8 Å². The van der Waals surface area contributed by atoms with Crippen LogP contribution in [0.1, 0.15) is 17.9 Å². The number of nitrogens with zero attached hydrogens (tertiary/aromatic N) is 1. The van der Waals surface area contributed by atoms with Gasteiger partial charge in [-0.05, 0) is 6.54 Å². The van der Waals surface area contributed by atoms with Gasteiger partial charge in [-0.3, -0.25) is 4.79 Å². The molecule has 0 saturated carbocycles. The minimum atomic E-state index is -2.72. The molecular formula is C7H9F2N3O. The van der Waals surface area contributed by atoms with Gasteiger partial charge in [0.25, 0.3) is 12.0 Å². The Morgan fingerprint density at radius 2 is 2.31 bits per heavy atom. The number of hydrogen-bond acceptors (Lipinski definition) is 3. The van der Waals surface area contributed by atoms with Crippen LogP contribution in [-0.4, -0.2) is 16.5 Å². The Morgan fingerprint density at radius 3 is 2.85 bits per heavy atom. The van der Waals surface area contributed by atoms with Crippen LogP contribution in [0.25, 0.3) is 0 Å². The molecule has 0 unspecified atom stereocenters. The predicted octanol–water partition coefficient (Wildman–Crippen LogP) is 0.209. The van der Waals surface area contributed by atoms with Crippen LogP contribution in [0.5, 0.6) is 0 Å². The standard InChI is InChI=1S/C7H9F2N3O/c8-7(9)4-3-6(13)12-5(11-4)1-2-10/h3,7H,1-2,10H2,(H,11,12,13). The van der Waals surface area contributed by atoms with Crippen molar-refractivity contribution in [3.05, 3.63) is 27.9 Å². The lowest BCUT2D eigenvalue weighted by Crippen LogP contribution is -2.15. The maximum absolute atomic E-state index is 12.1. The van der Waals surface area contributed by atoms with Gasteiger partial charge < -0.3 is 10.7 Å². The van der Waals surface area contributed by atoms with Crippen LogP contribution >= 0.6 is 0 Å². The summed E-state index contributed by atoms with van der Waals surface area (Å²) < 4.78 is 24.2. The highest BCUT2D eigenvalue weighted by Gasteiger charge is 2.10. The number of halogens is 2. The summed E-state index contributed by atoms with van der Waals surface area (Å²) in [6.45, 7) is 0.260. The summed E-state index contributed by atoms with van der Waals surface area (Å²) in [6, 6.07) is 0.782. The van der Waals surface area contributed by atoms with Gasteiger partial charge in [0.05, 0.1) is 0 Å². The smallest absolute Gasteiger partial charge is 0.280 e. The molecule has 72 valence electrons. The Morgan fingerprint density at radius 1 is 1.62 bits per heavy atom. The average molecular weight is 189 g/mol. The topological polar surface area (TPSA) is 71.8 Å². The van der Waals surface area contributed by atoms with Crippen molar-refractivity contribution in [1.82, 2.24) is 9.97 Å². The molecule has 1 aromatic heterocycles. The zero-order valence-electron chi connectivity index (χ0n) is 6.76. The van der Waals surface area contributed by atoms with Gasteiger partial charge in [-0.25, -0.2) is 13.8 Å². The van der Waals surface area contributed by atoms with Crippen LogP contribution in [-0.2, 0) is 6.42 Å². The van der Waals surface area contributed by atoms with E-state index in [0.29, 0.717) is 0 Å². The largest absolute Gasteiger partial charge is 0.330 e. The average Bonchev–Trinajstić information content (AvgIpc) is 2.03. The molecule has 1 rings (SSSR count). The highest BCUT2D eigenvalue weighted by atomic mass is 19.3. The van der Waals surface area contributed by atoms with Gasteiger partial charge in [0.1, 0.15) is 11.5 Å². The Labute approximate surface area is 72.8 Å². The minimum Gasteiger partial charge on any atom is -0.330 e. The molecule has 0 fully saturated rings. The number of aromatic nitrogens is 2. The number of rotatable bonds is 3. The monoisotopic (exact) mass is 189 g/mol. The molecule has 0 spiro atoms. The van der Waals surface area contributed by atoms with Gasteiger partial charge in [-0.15, -0.1) is 0 Å². The lowest BCUT2D eigenvalue weighted by atomic mass is 10.3. The molecule has 0 saturated heterocycles. The highest BCUT2D eigenvalue weighted by Crippen LogP contribution is 2.13. The van der Waals surface area contributed by atoms with E-state index in [1.807, 2.05) is 0 Å². The summed E-state index contributed by atoms with van der Waals surface area (Å²) in [6.07, 6.45) is -2.44. The molecule has 4 nitrogen and oxygen atoms in total. The number of hydrogen-bond donors (Lipinski definition) is 2. The first-order valence-corrected chi connectivity index (χ1v) is 3.72. The van der Waals surface area contributed by atoms with E-state index in [2.05, 4.69) is 9.97 Å². The quantitative estimate of drug-likeness (QED) is 0.713. The van der Waals surface area contributed by atoms with Gasteiger partial charge >= 0.3 is 0 Å². The summed E-state index contributed by atoms with van der Waals surface area (Å²) in [4.78, 5) is 16.7. The van der Waals surface area contributed by atoms with Crippen LogP contribution in [0.15, 0.2) is 10.9 Å². The minimum absolute atomic E-state index is 0.199. The van der Waals surface area contributed by atoms with Gasteiger partial charge in [0.15, 0.2) is 0 Å². The molecule has 0 bridgehead atoms. The van der Waals surface area contributed by atoms with Crippen LogP contribution < -0.4 is 11.3 Å². The van der Waals surface area contributed by atoms with Crippen LogP contribution in [0.2, 0.25) is 0 Å². The van der Waals surface area contributed by atoms with E-state index in [-0.39, 0.29) is 18.8 Å². The SMILES string of the molecule is NCCc1nc(C(F)F)cc(=O)[nH]1. The number of aromatic amines is 1. The third-order valence-electron chi connectivity index (χ3n) is 1.42. The van der Waals surface area contributed by atoms with Crippen LogP contribution in [0.4, 0.5) is 8.78 Å². The first-order valence-electron chi connectivity index (χ1n) is 3.72. The Balaban J connectivity index is 3.04. The second-order valence-electron chi connectivity index (χ2n) is 2.46. The normalized spacial score (nSPS) is 10.8. The summed E-state index contributed by atoms with van der Waals surface area (Å²) in [5, 5.41) is 0. The fourth-order valence-electron chi connectivity index (χ4n) is 0.896. The molecule has 3 N–H and O–H groups in total. The third kappa shape index (κ3) is 2.59. The molecule has 0 radical (unpaired) electrons. The number of alkyl halides is 2. The van der Waals surface area contributed by atoms with E-state index < -0.39 is 17.7 Å². The van der Waals surface area contributed by atoms with E-state index in [0.717, 1.165) is 6.07 Å². The zero-order valence-corrected chi connectivity index (χ0v) is 6.76. The van der Waals surface area contributed by atoms with Gasteiger partial charge in [0, 0.05) is 12.5 Å². The zero-order chi connectivity index (χ0) is 9.84. The molecule has 1 aromatic rings. The first kappa shape index (κ1) is 9.79. The predicted molar refractivity (Wildman–Crippen MR) is 42.6 cm³/mol. The summed E-state index contributed by atoms with van der Waals surface area (Å²) >= 11 is 0. The van der Waals surface area contributed by atoms with Gasteiger partial charge in [-0.1, -0.05) is 0 Å². The molecule has 0 atom stereocenters. The fourth-order valence-corrected chi connectivity index (χ4v) is 0.896. The van der Waals surface area contributed by atoms with Gasteiger partial charge in [0.2, 0.25) is 0 Å². The lowest BCUT2D eigenvalue weighted by Gasteiger charge is -2.01. The lowest BCUT2D eigenvalue weighted by molar-refractivity contribution is 0.145. The number of H-pyrrole nitrogens is 1. The summed E-state index contributed by atoms with van der Waals surface area (Å²) in [7, 11) is 0. The Bertz CT molecular complexity index is 337. The molecule has 0 aromatic carbocycles. The molecule has 13 heavy (non-hydrogen) atoms. The molecule has 0 aliphatic carbocycles. The van der Waals surface area contributed by atoms with Crippen LogP contribution in [0, 0.1) is 0 Å². The molecule has 0 aliphatic rings. The number of nitrogens with one attached hydrogen (secondary N) is 1. The van der Waals surface area contributed by atoms with E-state index in [1.165, 1.54) is 0 Å². The summed E-state index contributed by atoms with van der Waals surface area (Å²) in [5.74, 6) is 0.199. The second-order valence-corrected chi connectivity index (χ2v) is 2.46. The third-order valence-corrected chi connectivity index (χ3v) is 1.42. The van der Waals surface area contributed by atoms with Crippen molar-refractivity contribution in [1.29, 1.82) is 0 Å². The Kier molecular flexibility index (Phi) is 3.07. The maximum atomic E-state index is 12.1. The van der Waals surface area contributed by atoms with Crippen LogP contribution in [0.3, 0.4) is 0 Å². The fraction of sp³-hybridized carbons (Fsp3) is 0.429. The highest BCUT2D eigenvalue weighted by molar-refractivity contribution is 5.04. The van der Waals surface area contributed by atoms with E-state index in [4.69, 9.17) is 5.73 Å². The molecular weight excluding hydrogens is 180 g/mol. The Hall–Kier alpha value is -1.30. The van der Waals surface area contributed by atoms with Crippen molar-refractivity contribution in [2.75, 3.05) is 6.54 Å². The maximum Gasteiger partial charge on any atom is 0.280 e. The van der Waals surface area contributed by atoms with Crippen molar-refractivity contribution in [3.8, 4) is 0 Å². The molecule has 1 heterocycles. The van der Waals surface area contributed by atoms with Crippen molar-refractivity contribution in [2.24, 2.45) is 5.73 Å². The molecule has 6 heteroatoms. The molecule has 0 aliphatic heterocycles. The van der Waals surface area contributed by atoms with Crippen molar-refractivity contribution in [3.63, 3.8) is 0 Å². The van der Waals surface area contributed by atoms with E-state index in [1.54, 1.807) is 0 Å². The van der Waals surface area contributed by atoms with E-state index in [9.17, 15) is 13.6 Å². The number of nitrogens with two attached hydrogens (primary N) is 1.